The average molecular weight is 1040 g/mol. The summed E-state index contributed by atoms with van der Waals surface area (Å²) in [5.74, 6) is -12.2. The fourth-order valence-electron chi connectivity index (χ4n) is 6.85. The average Bonchev–Trinajstić information content (AvgIpc) is 3.29. The van der Waals surface area contributed by atoms with Gasteiger partial charge in [-0.25, -0.2) is 4.79 Å². The molecule has 0 aliphatic heterocycles. The number of aliphatic hydroxyl groups is 2. The number of hydrogen-bond acceptors (Lipinski definition) is 15. The maximum Gasteiger partial charge on any atom is 0.326 e. The summed E-state index contributed by atoms with van der Waals surface area (Å²) >= 11 is 0. The van der Waals surface area contributed by atoms with Gasteiger partial charge in [0.1, 0.15) is 54.1 Å². The number of rotatable bonds is 32. The summed E-state index contributed by atoms with van der Waals surface area (Å²) in [5, 5.41) is 68.8. The van der Waals surface area contributed by atoms with Gasteiger partial charge in [-0.2, -0.15) is 0 Å². The molecule has 19 N–H and O–H groups in total. The predicted octanol–water partition coefficient (Wildman–Crippen LogP) is -4.11. The zero-order valence-electron chi connectivity index (χ0n) is 42.5. The Morgan fingerprint density at radius 1 is 0.575 bits per heavy atom. The molecule has 1 aromatic carbocycles. The highest BCUT2D eigenvalue weighted by Gasteiger charge is 2.37. The van der Waals surface area contributed by atoms with Crippen LogP contribution in [0.4, 0.5) is 0 Å². The molecule has 0 aliphatic carbocycles. The Bertz CT molecular complexity index is 2080. The van der Waals surface area contributed by atoms with Gasteiger partial charge >= 0.3 is 11.9 Å². The standard InChI is InChI=1S/C46H76N12O15/c1-21(2)18-30(53-37(64)24(7)51-38(65)28(47)10-9-17-50-46(48)49)40(67)56-34(22(3)4)43(70)52-29(15-16-33(62)63)39(66)58-36(25(8)60)44(71)55-32(20-59)42(69)54-31(19-26-11-13-27(61)14-12-26)41(68)57-35(23(5)6)45(72)73/h11-14,21-25,28-32,34-36,59-61H,9-10,15-20,47H2,1-8H3,(H,51,65)(H,52,70)(H,53,64)(H,54,69)(H,55,71)(H,56,67)(H,57,68)(H,58,66)(H,62,63)(H,72,73)(H4,48,49,50)/t24-,25+,28-,29-,30-,31-,32-,34-,35-,36-/m0/s1. The number of guanidine groups is 1. The van der Waals surface area contributed by atoms with Crippen LogP contribution < -0.4 is 59.7 Å². The number of aliphatic imine (C=N–C) groups is 1. The van der Waals surface area contributed by atoms with Crippen molar-refractivity contribution in [3.05, 3.63) is 29.8 Å². The number of nitrogens with two attached hydrogens (primary N) is 3. The summed E-state index contributed by atoms with van der Waals surface area (Å²) in [6, 6.07) is -7.69. The second-order valence-corrected chi connectivity index (χ2v) is 18.7. The monoisotopic (exact) mass is 1040 g/mol. The normalized spacial score (nSPS) is 15.3. The quantitative estimate of drug-likeness (QED) is 0.0185. The zero-order valence-corrected chi connectivity index (χ0v) is 42.5. The Hall–Kier alpha value is -7.13. The predicted molar refractivity (Wildman–Crippen MR) is 263 cm³/mol. The van der Waals surface area contributed by atoms with Crippen LogP contribution in [0.2, 0.25) is 0 Å². The molecule has 0 aromatic heterocycles. The van der Waals surface area contributed by atoms with Gasteiger partial charge in [0.05, 0.1) is 18.8 Å². The van der Waals surface area contributed by atoms with Crippen molar-refractivity contribution in [2.24, 2.45) is 39.9 Å². The minimum absolute atomic E-state index is 0.0709. The van der Waals surface area contributed by atoms with E-state index >= 15 is 0 Å². The molecule has 0 bridgehead atoms. The van der Waals surface area contributed by atoms with Gasteiger partial charge in [-0.3, -0.25) is 48.1 Å². The van der Waals surface area contributed by atoms with E-state index in [-0.39, 0.29) is 43.4 Å². The number of amides is 8. The van der Waals surface area contributed by atoms with E-state index in [0.717, 1.165) is 6.92 Å². The number of hydrogen-bond donors (Lipinski definition) is 16. The van der Waals surface area contributed by atoms with Crippen molar-refractivity contribution in [3.8, 4) is 5.75 Å². The van der Waals surface area contributed by atoms with Crippen LogP contribution >= 0.6 is 0 Å². The van der Waals surface area contributed by atoms with Crippen molar-refractivity contribution in [2.45, 2.75) is 154 Å². The zero-order chi connectivity index (χ0) is 55.9. The van der Waals surface area contributed by atoms with Crippen LogP contribution in [0.25, 0.3) is 0 Å². The van der Waals surface area contributed by atoms with E-state index in [1.54, 1.807) is 27.7 Å². The van der Waals surface area contributed by atoms with Gasteiger partial charge in [0, 0.05) is 19.4 Å². The van der Waals surface area contributed by atoms with Crippen LogP contribution in [0.5, 0.6) is 5.75 Å². The maximum atomic E-state index is 13.9. The van der Waals surface area contributed by atoms with Crippen molar-refractivity contribution < 1.29 is 73.5 Å². The summed E-state index contributed by atoms with van der Waals surface area (Å²) in [6.45, 7) is 11.3. The fraction of sp³-hybridized carbons (Fsp3) is 0.630. The van der Waals surface area contributed by atoms with Crippen molar-refractivity contribution in [1.29, 1.82) is 0 Å². The summed E-state index contributed by atoms with van der Waals surface area (Å²) < 4.78 is 0. The Labute approximate surface area is 423 Å². The minimum Gasteiger partial charge on any atom is -0.508 e. The van der Waals surface area contributed by atoms with E-state index in [0.29, 0.717) is 12.0 Å². The number of aliphatic hydroxyl groups excluding tert-OH is 2. The summed E-state index contributed by atoms with van der Waals surface area (Å²) in [4.78, 5) is 135. The third-order valence-corrected chi connectivity index (χ3v) is 11.0. The second kappa shape index (κ2) is 31.4. The van der Waals surface area contributed by atoms with Gasteiger partial charge in [0.25, 0.3) is 0 Å². The van der Waals surface area contributed by atoms with Crippen molar-refractivity contribution in [3.63, 3.8) is 0 Å². The van der Waals surface area contributed by atoms with E-state index in [9.17, 15) is 73.5 Å². The molecule has 0 saturated carbocycles. The number of aromatic hydroxyl groups is 1. The highest BCUT2D eigenvalue weighted by atomic mass is 16.4. The van der Waals surface area contributed by atoms with Crippen LogP contribution in [0.1, 0.15) is 93.1 Å². The summed E-state index contributed by atoms with van der Waals surface area (Å²) in [7, 11) is 0. The lowest BCUT2D eigenvalue weighted by Gasteiger charge is -2.29. The number of carbonyl (C=O) groups is 10. The summed E-state index contributed by atoms with van der Waals surface area (Å²) in [5.41, 5.74) is 17.0. The molecule has 10 atom stereocenters. The first-order chi connectivity index (χ1) is 34.0. The molecule has 0 aliphatic rings. The third-order valence-electron chi connectivity index (χ3n) is 11.0. The van der Waals surface area contributed by atoms with Crippen LogP contribution in [-0.4, -0.2) is 164 Å². The number of carboxylic acid groups (broad SMARTS) is 2. The van der Waals surface area contributed by atoms with Gasteiger partial charge < -0.3 is 85.3 Å². The first kappa shape index (κ1) is 63.9. The molecule has 27 heteroatoms. The highest BCUT2D eigenvalue weighted by molar-refractivity contribution is 5.98. The summed E-state index contributed by atoms with van der Waals surface area (Å²) in [6.07, 6.45) is -2.60. The Morgan fingerprint density at radius 2 is 1.05 bits per heavy atom. The molecular weight excluding hydrogens is 961 g/mol. The van der Waals surface area contributed by atoms with E-state index < -0.39 is 151 Å². The van der Waals surface area contributed by atoms with Gasteiger partial charge in [-0.15, -0.1) is 0 Å². The van der Waals surface area contributed by atoms with Crippen molar-refractivity contribution in [2.75, 3.05) is 13.2 Å². The van der Waals surface area contributed by atoms with Gasteiger partial charge in [-0.1, -0.05) is 53.7 Å². The van der Waals surface area contributed by atoms with Crippen molar-refractivity contribution in [1.82, 2.24) is 42.5 Å². The van der Waals surface area contributed by atoms with Crippen LogP contribution in [-0.2, 0) is 54.4 Å². The molecule has 27 nitrogen and oxygen atoms in total. The molecule has 0 spiro atoms. The Morgan fingerprint density at radius 3 is 1.56 bits per heavy atom. The Balaban J connectivity index is 3.29. The number of phenolic OH excluding ortho intramolecular Hbond substituents is 1. The fourth-order valence-corrected chi connectivity index (χ4v) is 6.85. The van der Waals surface area contributed by atoms with E-state index in [1.165, 1.54) is 45.0 Å². The Kier molecular flexibility index (Phi) is 27.4. The molecule has 1 rings (SSSR count). The highest BCUT2D eigenvalue weighted by Crippen LogP contribution is 2.14. The molecule has 0 fully saturated rings. The largest absolute Gasteiger partial charge is 0.508 e. The lowest BCUT2D eigenvalue weighted by atomic mass is 9.99. The molecule has 8 amide bonds. The second-order valence-electron chi connectivity index (χ2n) is 18.7. The van der Waals surface area contributed by atoms with Gasteiger partial charge in [0.2, 0.25) is 47.3 Å². The smallest absolute Gasteiger partial charge is 0.326 e. The molecule has 0 heterocycles. The number of nitrogens with one attached hydrogen (secondary N) is 8. The first-order valence-corrected chi connectivity index (χ1v) is 23.7. The van der Waals surface area contributed by atoms with Crippen LogP contribution in [0.3, 0.4) is 0 Å². The third kappa shape index (κ3) is 23.3. The minimum atomic E-state index is -1.92. The van der Waals surface area contributed by atoms with Gasteiger partial charge in [0.15, 0.2) is 5.96 Å². The number of carboxylic acids is 2. The molecule has 410 valence electrons. The number of nitrogens with zero attached hydrogens (tertiary/aromatic N) is 1. The van der Waals surface area contributed by atoms with Crippen LogP contribution in [0, 0.1) is 17.8 Å². The molecule has 73 heavy (non-hydrogen) atoms. The molecule has 1 aromatic rings. The number of phenols is 1. The van der Waals surface area contributed by atoms with Crippen molar-refractivity contribution >= 4 is 65.2 Å². The molecular formula is C46H76N12O15. The van der Waals surface area contributed by atoms with E-state index in [4.69, 9.17) is 17.2 Å². The number of aliphatic carboxylic acids is 2. The SMILES string of the molecule is CC(C)C[C@H](NC(=O)[C@H](C)NC(=O)[C@@H](N)CCCN=C(N)N)C(=O)N[C@H](C(=O)N[C@@H](CCC(=O)O)C(=O)N[C@H](C(=O)N[C@@H](CO)C(=O)N[C@@H](Cc1ccc(O)cc1)C(=O)N[C@H](C(=O)O)C(C)C)[C@@H](C)O)C(C)C. The van der Waals surface area contributed by atoms with Crippen LogP contribution in [0.15, 0.2) is 29.3 Å². The lowest BCUT2D eigenvalue weighted by Crippen LogP contribution is -2.63. The lowest BCUT2D eigenvalue weighted by molar-refractivity contribution is -0.143. The number of benzene rings is 1. The molecule has 0 unspecified atom stereocenters. The molecule has 0 saturated heterocycles. The first-order valence-electron chi connectivity index (χ1n) is 23.7. The van der Waals surface area contributed by atoms with Gasteiger partial charge in [-0.05, 0) is 75.0 Å². The molecule has 0 radical (unpaired) electrons. The topological polar surface area (TPSA) is 459 Å². The maximum absolute atomic E-state index is 13.9. The van der Waals surface area contributed by atoms with E-state index in [1.807, 2.05) is 0 Å². The van der Waals surface area contributed by atoms with E-state index in [2.05, 4.69) is 47.5 Å². The number of carbonyl (C=O) groups excluding carboxylic acids is 8.